The number of hydrogen-bond donors (Lipinski definition) is 0. The number of esters is 1. The van der Waals surface area contributed by atoms with Gasteiger partial charge in [0.15, 0.2) is 0 Å². The smallest absolute Gasteiger partial charge is 0.312 e. The summed E-state index contributed by atoms with van der Waals surface area (Å²) >= 11 is 0. The van der Waals surface area contributed by atoms with Crippen molar-refractivity contribution in [3.63, 3.8) is 0 Å². The number of rotatable bonds is 3. The lowest BCUT2D eigenvalue weighted by Crippen LogP contribution is -2.11. The zero-order valence-corrected chi connectivity index (χ0v) is 9.93. The Labute approximate surface area is 101 Å². The molecule has 4 nitrogen and oxygen atoms in total. The summed E-state index contributed by atoms with van der Waals surface area (Å²) in [5.74, 6) is 0.327. The van der Waals surface area contributed by atoms with Gasteiger partial charge in [-0.15, -0.1) is 5.10 Å². The van der Waals surface area contributed by atoms with Crippen LogP contribution in [0.5, 0.6) is 0 Å². The minimum atomic E-state index is -0.193. The molecule has 1 aromatic rings. The first-order valence-corrected chi connectivity index (χ1v) is 5.90. The molecule has 0 radical (unpaired) electrons. The van der Waals surface area contributed by atoms with Crippen molar-refractivity contribution in [1.29, 1.82) is 0 Å². The second-order valence-electron chi connectivity index (χ2n) is 3.93. The van der Waals surface area contributed by atoms with E-state index in [1.54, 1.807) is 0 Å². The van der Waals surface area contributed by atoms with Gasteiger partial charge >= 0.3 is 5.97 Å². The van der Waals surface area contributed by atoms with E-state index in [-0.39, 0.29) is 5.97 Å². The van der Waals surface area contributed by atoms with Gasteiger partial charge in [-0.25, -0.2) is 0 Å². The quantitative estimate of drug-likeness (QED) is 0.752. The van der Waals surface area contributed by atoms with Gasteiger partial charge in [-0.1, -0.05) is 25.1 Å². The van der Waals surface area contributed by atoms with Gasteiger partial charge in [-0.3, -0.25) is 9.80 Å². The molecule has 1 aliphatic rings. The maximum Gasteiger partial charge on any atom is 0.312 e. The van der Waals surface area contributed by atoms with Crippen LogP contribution in [0, 0.1) is 0 Å². The molecule has 0 fully saturated rings. The first kappa shape index (κ1) is 11.6. The number of carbonyl (C=O) groups is 1. The highest BCUT2D eigenvalue weighted by Crippen LogP contribution is 2.18. The van der Waals surface area contributed by atoms with E-state index < -0.39 is 0 Å². The Bertz CT molecular complexity index is 415. The molecule has 1 aliphatic heterocycles. The van der Waals surface area contributed by atoms with E-state index in [4.69, 9.17) is 4.74 Å². The number of para-hydroxylation sites is 1. The van der Waals surface area contributed by atoms with Crippen LogP contribution in [-0.2, 0) is 9.53 Å². The molecule has 0 saturated carbocycles. The van der Waals surface area contributed by atoms with Gasteiger partial charge in [-0.05, 0) is 18.6 Å². The molecule has 0 aliphatic carbocycles. The van der Waals surface area contributed by atoms with Crippen molar-refractivity contribution in [2.75, 3.05) is 11.6 Å². The summed E-state index contributed by atoms with van der Waals surface area (Å²) in [6, 6.07) is 9.87. The molecule has 0 unspecified atom stereocenters. The topological polar surface area (TPSA) is 41.9 Å². The van der Waals surface area contributed by atoms with Gasteiger partial charge in [0.05, 0.1) is 12.2 Å². The van der Waals surface area contributed by atoms with Crippen LogP contribution in [0.2, 0.25) is 0 Å². The van der Waals surface area contributed by atoms with Crippen LogP contribution in [0.1, 0.15) is 26.2 Å². The lowest BCUT2D eigenvalue weighted by Gasteiger charge is -2.11. The lowest BCUT2D eigenvalue weighted by atomic mass is 10.3. The van der Waals surface area contributed by atoms with E-state index in [0.717, 1.165) is 18.7 Å². The van der Waals surface area contributed by atoms with Gasteiger partial charge in [-0.2, -0.15) is 0 Å². The lowest BCUT2D eigenvalue weighted by molar-refractivity contribution is -0.135. The summed E-state index contributed by atoms with van der Waals surface area (Å²) < 4.78 is 5.17. The fourth-order valence-electron chi connectivity index (χ4n) is 1.68. The van der Waals surface area contributed by atoms with Crippen LogP contribution in [-0.4, -0.2) is 18.4 Å². The van der Waals surface area contributed by atoms with E-state index in [0.29, 0.717) is 18.7 Å². The minimum Gasteiger partial charge on any atom is -0.410 e. The summed E-state index contributed by atoms with van der Waals surface area (Å²) in [6.45, 7) is 2.72. The zero-order valence-electron chi connectivity index (χ0n) is 9.93. The fourth-order valence-corrected chi connectivity index (χ4v) is 1.68. The predicted octanol–water partition coefficient (Wildman–Crippen LogP) is 2.55. The Kier molecular flexibility index (Phi) is 3.75. The molecule has 4 heteroatoms. The Hall–Kier alpha value is -1.84. The van der Waals surface area contributed by atoms with Crippen LogP contribution >= 0.6 is 0 Å². The molecule has 17 heavy (non-hydrogen) atoms. The van der Waals surface area contributed by atoms with E-state index in [1.807, 2.05) is 42.3 Å². The van der Waals surface area contributed by atoms with Gasteiger partial charge < -0.3 is 4.74 Å². The largest absolute Gasteiger partial charge is 0.410 e. The van der Waals surface area contributed by atoms with E-state index in [1.165, 1.54) is 0 Å². The molecule has 1 aromatic carbocycles. The Morgan fingerprint density at radius 1 is 1.41 bits per heavy atom. The molecule has 90 valence electrons. The van der Waals surface area contributed by atoms with Gasteiger partial charge in [0.1, 0.15) is 0 Å². The van der Waals surface area contributed by atoms with Crippen LogP contribution in [0.3, 0.4) is 0 Å². The van der Waals surface area contributed by atoms with E-state index in [9.17, 15) is 4.79 Å². The summed E-state index contributed by atoms with van der Waals surface area (Å²) in [4.78, 5) is 11.3. The third kappa shape index (κ3) is 3.06. The van der Waals surface area contributed by atoms with Crippen molar-refractivity contribution >= 4 is 17.6 Å². The monoisotopic (exact) mass is 232 g/mol. The maximum atomic E-state index is 11.3. The van der Waals surface area contributed by atoms with Crippen molar-refractivity contribution in [3.8, 4) is 0 Å². The highest BCUT2D eigenvalue weighted by molar-refractivity contribution is 5.90. The van der Waals surface area contributed by atoms with Crippen molar-refractivity contribution in [2.45, 2.75) is 26.2 Å². The highest BCUT2D eigenvalue weighted by atomic mass is 16.5. The van der Waals surface area contributed by atoms with Crippen molar-refractivity contribution in [3.05, 3.63) is 30.3 Å². The molecule has 0 aromatic heterocycles. The maximum absolute atomic E-state index is 11.3. The molecule has 1 heterocycles. The van der Waals surface area contributed by atoms with E-state index in [2.05, 4.69) is 5.10 Å². The molecular formula is C13H16N2O2. The number of hydrazone groups is 1. The normalized spacial score (nSPS) is 14.6. The first-order valence-electron chi connectivity index (χ1n) is 5.90. The summed E-state index contributed by atoms with van der Waals surface area (Å²) in [6.07, 6.45) is 1.93. The number of hydrogen-bond acceptors (Lipinski definition) is 4. The fraction of sp³-hybridized carbons (Fsp3) is 0.385. The number of anilines is 1. The number of nitrogens with zero attached hydrogens (tertiary/aromatic N) is 2. The number of ether oxygens (including phenoxy) is 1. The van der Waals surface area contributed by atoms with Crippen LogP contribution in [0.25, 0.3) is 0 Å². The molecule has 0 amide bonds. The van der Waals surface area contributed by atoms with Gasteiger partial charge in [0.2, 0.25) is 5.90 Å². The van der Waals surface area contributed by atoms with Gasteiger partial charge in [0.25, 0.3) is 0 Å². The summed E-state index contributed by atoms with van der Waals surface area (Å²) in [7, 11) is 0. The van der Waals surface area contributed by atoms with Crippen molar-refractivity contribution in [2.24, 2.45) is 5.10 Å². The molecular weight excluding hydrogens is 216 g/mol. The third-order valence-corrected chi connectivity index (χ3v) is 2.51. The zero-order chi connectivity index (χ0) is 12.1. The highest BCUT2D eigenvalue weighted by Gasteiger charge is 2.18. The third-order valence-electron chi connectivity index (χ3n) is 2.51. The summed E-state index contributed by atoms with van der Waals surface area (Å²) in [5.41, 5.74) is 1.02. The summed E-state index contributed by atoms with van der Waals surface area (Å²) in [5, 5.41) is 6.14. The Balaban J connectivity index is 1.97. The second kappa shape index (κ2) is 5.48. The van der Waals surface area contributed by atoms with Crippen molar-refractivity contribution in [1.82, 2.24) is 0 Å². The number of carbonyl (C=O) groups excluding carboxylic acids is 1. The van der Waals surface area contributed by atoms with Crippen LogP contribution < -0.4 is 5.01 Å². The van der Waals surface area contributed by atoms with Crippen molar-refractivity contribution < 1.29 is 9.53 Å². The minimum absolute atomic E-state index is 0.193. The average Bonchev–Trinajstić information content (AvgIpc) is 2.79. The molecule has 0 N–H and O–H groups in total. The predicted molar refractivity (Wildman–Crippen MR) is 66.8 cm³/mol. The van der Waals surface area contributed by atoms with Gasteiger partial charge in [0, 0.05) is 12.8 Å². The molecule has 0 spiro atoms. The number of benzene rings is 1. The first-order chi connectivity index (χ1) is 8.29. The van der Waals surface area contributed by atoms with Crippen LogP contribution in [0.4, 0.5) is 5.69 Å². The molecule has 0 saturated heterocycles. The molecule has 2 rings (SSSR count). The second-order valence-corrected chi connectivity index (χ2v) is 3.93. The SMILES string of the molecule is CCCC(=O)OC1=NN(c2ccccc2)CC1. The molecule has 0 bridgehead atoms. The standard InChI is InChI=1S/C13H16N2O2/c1-2-6-13(16)17-12-9-10-15(14-12)11-7-4-3-5-8-11/h3-5,7-8H,2,6,9-10H2,1H3. The average molecular weight is 232 g/mol. The van der Waals surface area contributed by atoms with Crippen LogP contribution in [0.15, 0.2) is 35.4 Å². The Morgan fingerprint density at radius 3 is 2.88 bits per heavy atom. The van der Waals surface area contributed by atoms with E-state index >= 15 is 0 Å². The Morgan fingerprint density at radius 2 is 2.18 bits per heavy atom. The molecule has 0 atom stereocenters.